The minimum atomic E-state index is -0.983. The Morgan fingerprint density at radius 2 is 1.79 bits per heavy atom. The van der Waals surface area contributed by atoms with Gasteiger partial charge in [-0.1, -0.05) is 29.8 Å². The van der Waals surface area contributed by atoms with Gasteiger partial charge in [-0.3, -0.25) is 9.69 Å². The van der Waals surface area contributed by atoms with Crippen LogP contribution in [0.5, 0.6) is 5.75 Å². The summed E-state index contributed by atoms with van der Waals surface area (Å²) in [5.41, 5.74) is 0.779. The first-order chi connectivity index (χ1) is 16.4. The van der Waals surface area contributed by atoms with E-state index in [1.54, 1.807) is 29.2 Å². The number of benzene rings is 3. The number of methoxy groups -OCH3 is 1. The normalized spacial score (nSPS) is 13.7. The molecule has 3 amide bonds. The Morgan fingerprint density at radius 1 is 1.06 bits per heavy atom. The number of rotatable bonds is 6. The Kier molecular flexibility index (Phi) is 6.98. The molecule has 0 spiro atoms. The highest BCUT2D eigenvalue weighted by Gasteiger charge is 2.29. The number of ether oxygens (including phenoxy) is 1. The average molecular weight is 486 g/mol. The maximum Gasteiger partial charge on any atom is 0.324 e. The lowest BCUT2D eigenvalue weighted by atomic mass is 10.1. The maximum absolute atomic E-state index is 14.1. The number of nitrogens with zero attached hydrogens (tertiary/aromatic N) is 2. The Balaban J connectivity index is 1.63. The summed E-state index contributed by atoms with van der Waals surface area (Å²) in [6.07, 6.45) is 0.688. The highest BCUT2D eigenvalue weighted by molar-refractivity contribution is 6.30. The molecule has 1 N–H and O–H groups in total. The second kappa shape index (κ2) is 10.1. The van der Waals surface area contributed by atoms with Crippen LogP contribution in [0.1, 0.15) is 22.3 Å². The summed E-state index contributed by atoms with van der Waals surface area (Å²) < 4.78 is 33.5. The summed E-state index contributed by atoms with van der Waals surface area (Å²) >= 11 is 6.07. The van der Waals surface area contributed by atoms with Gasteiger partial charge >= 0.3 is 6.03 Å². The summed E-state index contributed by atoms with van der Waals surface area (Å²) in [5, 5.41) is 3.13. The van der Waals surface area contributed by atoms with E-state index >= 15 is 0 Å². The molecule has 0 atom stereocenters. The summed E-state index contributed by atoms with van der Waals surface area (Å²) in [5.74, 6) is -2.52. The van der Waals surface area contributed by atoms with Gasteiger partial charge in [-0.25, -0.2) is 13.6 Å². The van der Waals surface area contributed by atoms with Crippen molar-refractivity contribution in [2.24, 2.45) is 0 Å². The maximum atomic E-state index is 14.1. The number of hydrogen-bond donors (Lipinski definition) is 1. The molecular formula is C25H22ClF2N3O3. The van der Waals surface area contributed by atoms with Gasteiger partial charge in [-0.2, -0.15) is 0 Å². The van der Waals surface area contributed by atoms with Crippen LogP contribution < -0.4 is 15.0 Å². The zero-order valence-corrected chi connectivity index (χ0v) is 19.1. The molecule has 176 valence electrons. The van der Waals surface area contributed by atoms with E-state index in [0.29, 0.717) is 42.5 Å². The zero-order chi connectivity index (χ0) is 24.2. The van der Waals surface area contributed by atoms with Gasteiger partial charge in [-0.05, 0) is 48.4 Å². The predicted octanol–water partition coefficient (Wildman–Crippen LogP) is 5.71. The minimum absolute atomic E-state index is 0.199. The number of halogens is 3. The van der Waals surface area contributed by atoms with Crippen LogP contribution in [0.3, 0.4) is 0 Å². The second-order valence-electron chi connectivity index (χ2n) is 7.77. The second-order valence-corrected chi connectivity index (χ2v) is 8.21. The quantitative estimate of drug-likeness (QED) is 0.486. The van der Waals surface area contributed by atoms with E-state index in [2.05, 4.69) is 5.32 Å². The van der Waals surface area contributed by atoms with Crippen LogP contribution in [0.2, 0.25) is 5.02 Å². The Bertz CT molecular complexity index is 1220. The van der Waals surface area contributed by atoms with E-state index < -0.39 is 23.1 Å². The fraction of sp³-hybridized carbons (Fsp3) is 0.200. The molecule has 0 aromatic heterocycles. The number of carbonyl (C=O) groups is 2. The highest BCUT2D eigenvalue weighted by atomic mass is 35.5. The van der Waals surface area contributed by atoms with Crippen molar-refractivity contribution >= 4 is 34.9 Å². The topological polar surface area (TPSA) is 61.9 Å². The monoisotopic (exact) mass is 485 g/mol. The molecular weight excluding hydrogens is 464 g/mol. The predicted molar refractivity (Wildman–Crippen MR) is 127 cm³/mol. The molecule has 1 aliphatic heterocycles. The van der Waals surface area contributed by atoms with E-state index in [-0.39, 0.29) is 11.7 Å². The van der Waals surface area contributed by atoms with Gasteiger partial charge in [0, 0.05) is 30.7 Å². The average Bonchev–Trinajstić information content (AvgIpc) is 2.80. The zero-order valence-electron chi connectivity index (χ0n) is 18.4. The van der Waals surface area contributed by atoms with E-state index in [4.69, 9.17) is 16.3 Å². The summed E-state index contributed by atoms with van der Waals surface area (Å²) in [7, 11) is 1.45. The SMILES string of the molecule is COc1ccc(N2CCCN(Cc3cccc(Cl)c3)C2=O)c(NC(=O)c2c(F)cccc2F)c1. The molecule has 0 radical (unpaired) electrons. The third-order valence-electron chi connectivity index (χ3n) is 5.51. The van der Waals surface area contributed by atoms with Crippen molar-refractivity contribution in [1.82, 2.24) is 4.90 Å². The first kappa shape index (κ1) is 23.5. The number of anilines is 2. The van der Waals surface area contributed by atoms with Crippen LogP contribution in [-0.2, 0) is 6.54 Å². The van der Waals surface area contributed by atoms with Crippen LogP contribution in [0.25, 0.3) is 0 Å². The van der Waals surface area contributed by atoms with Gasteiger partial charge < -0.3 is 15.0 Å². The molecule has 1 saturated heterocycles. The summed E-state index contributed by atoms with van der Waals surface area (Å²) in [6.45, 7) is 1.34. The van der Waals surface area contributed by atoms with Crippen LogP contribution in [0.4, 0.5) is 25.0 Å². The Labute approximate surface area is 200 Å². The lowest BCUT2D eigenvalue weighted by molar-refractivity contribution is 0.101. The van der Waals surface area contributed by atoms with Gasteiger partial charge in [0.2, 0.25) is 0 Å². The Morgan fingerprint density at radius 3 is 2.50 bits per heavy atom. The number of nitrogens with one attached hydrogen (secondary N) is 1. The van der Waals surface area contributed by atoms with Gasteiger partial charge in [0.15, 0.2) is 0 Å². The number of hydrogen-bond acceptors (Lipinski definition) is 3. The largest absolute Gasteiger partial charge is 0.497 e. The lowest BCUT2D eigenvalue weighted by Gasteiger charge is -2.36. The van der Waals surface area contributed by atoms with Gasteiger partial charge in [-0.15, -0.1) is 0 Å². The molecule has 1 aliphatic rings. The van der Waals surface area contributed by atoms with Gasteiger partial charge in [0.1, 0.15) is 22.9 Å². The molecule has 0 bridgehead atoms. The highest BCUT2D eigenvalue weighted by Crippen LogP contribution is 2.33. The molecule has 0 unspecified atom stereocenters. The molecule has 4 rings (SSSR count). The van der Waals surface area contributed by atoms with Crippen LogP contribution >= 0.6 is 11.6 Å². The Hall–Kier alpha value is -3.65. The van der Waals surface area contributed by atoms with E-state index in [0.717, 1.165) is 17.7 Å². The molecule has 0 saturated carbocycles. The molecule has 34 heavy (non-hydrogen) atoms. The summed E-state index contributed by atoms with van der Waals surface area (Å²) in [6, 6.07) is 15.0. The van der Waals surface area contributed by atoms with Crippen LogP contribution in [0.15, 0.2) is 60.7 Å². The van der Waals surface area contributed by atoms with E-state index in [1.807, 2.05) is 12.1 Å². The minimum Gasteiger partial charge on any atom is -0.497 e. The van der Waals surface area contributed by atoms with Crippen molar-refractivity contribution in [3.8, 4) is 5.75 Å². The third-order valence-corrected chi connectivity index (χ3v) is 5.74. The van der Waals surface area contributed by atoms with Crippen molar-refractivity contribution in [2.45, 2.75) is 13.0 Å². The van der Waals surface area contributed by atoms with E-state index in [9.17, 15) is 18.4 Å². The van der Waals surface area contributed by atoms with E-state index in [1.165, 1.54) is 24.1 Å². The molecule has 3 aromatic carbocycles. The number of carbonyl (C=O) groups excluding carboxylic acids is 2. The third kappa shape index (κ3) is 4.97. The van der Waals surface area contributed by atoms with Crippen molar-refractivity contribution in [3.05, 3.63) is 88.4 Å². The smallest absolute Gasteiger partial charge is 0.324 e. The standard InChI is InChI=1S/C25H22ClF2N3O3/c1-34-18-9-10-22(21(14-18)29-24(32)23-19(27)7-3-8-20(23)28)31-12-4-11-30(25(31)33)15-16-5-2-6-17(26)13-16/h2-3,5-10,13-14H,4,11-12,15H2,1H3,(H,29,32). The molecule has 1 heterocycles. The fourth-order valence-electron chi connectivity index (χ4n) is 3.88. The molecule has 1 fully saturated rings. The van der Waals surface area contributed by atoms with Crippen molar-refractivity contribution in [2.75, 3.05) is 30.4 Å². The van der Waals surface area contributed by atoms with Crippen molar-refractivity contribution < 1.29 is 23.1 Å². The molecule has 6 nitrogen and oxygen atoms in total. The lowest BCUT2D eigenvalue weighted by Crippen LogP contribution is -2.49. The first-order valence-electron chi connectivity index (χ1n) is 10.6. The van der Waals surface area contributed by atoms with Crippen LogP contribution in [0, 0.1) is 11.6 Å². The van der Waals surface area contributed by atoms with Gasteiger partial charge in [0.05, 0.1) is 18.5 Å². The first-order valence-corrected chi connectivity index (χ1v) is 11.0. The van der Waals surface area contributed by atoms with Crippen LogP contribution in [-0.4, -0.2) is 37.0 Å². The molecule has 3 aromatic rings. The van der Waals surface area contributed by atoms with Crippen molar-refractivity contribution in [3.63, 3.8) is 0 Å². The molecule has 9 heteroatoms. The molecule has 0 aliphatic carbocycles. The fourth-order valence-corrected chi connectivity index (χ4v) is 4.10. The number of urea groups is 1. The summed E-state index contributed by atoms with van der Waals surface area (Å²) in [4.78, 5) is 29.3. The number of amides is 3. The van der Waals surface area contributed by atoms with Crippen molar-refractivity contribution in [1.29, 1.82) is 0 Å². The van der Waals surface area contributed by atoms with Gasteiger partial charge in [0.25, 0.3) is 5.91 Å².